The van der Waals surface area contributed by atoms with Crippen molar-refractivity contribution in [3.8, 4) is 0 Å². The number of carbonyl (C=O) groups is 1. The maximum atomic E-state index is 10.6. The Morgan fingerprint density at radius 3 is 2.71 bits per heavy atom. The van der Waals surface area contributed by atoms with E-state index in [9.17, 15) is 4.79 Å². The first-order valence-corrected chi connectivity index (χ1v) is 4.33. The van der Waals surface area contributed by atoms with Gasteiger partial charge in [0.25, 0.3) is 0 Å². The molecular weight excluding hydrogens is 186 g/mol. The third-order valence-electron chi connectivity index (χ3n) is 1.94. The number of aryl methyl sites for hydroxylation is 1. The lowest BCUT2D eigenvalue weighted by molar-refractivity contribution is 0.0689. The topological polar surface area (TPSA) is 88.2 Å². The van der Waals surface area contributed by atoms with Crippen LogP contribution in [0.25, 0.3) is 0 Å². The Kier molecular flexibility index (Phi) is 3.19. The van der Waals surface area contributed by atoms with Crippen LogP contribution in [0.2, 0.25) is 0 Å². The molecule has 6 nitrogen and oxygen atoms in total. The van der Waals surface area contributed by atoms with Gasteiger partial charge in [-0.25, -0.2) is 9.48 Å². The SMILES string of the molecule is Cc1c(C(=O)O)nnn1CCC(C)O. The Hall–Kier alpha value is -1.43. The second-order valence-corrected chi connectivity index (χ2v) is 3.19. The number of hydrogen-bond acceptors (Lipinski definition) is 4. The van der Waals surface area contributed by atoms with E-state index in [1.54, 1.807) is 13.8 Å². The van der Waals surface area contributed by atoms with Gasteiger partial charge in [-0.05, 0) is 20.3 Å². The molecule has 0 aliphatic carbocycles. The fourth-order valence-corrected chi connectivity index (χ4v) is 1.08. The molecule has 2 N–H and O–H groups in total. The lowest BCUT2D eigenvalue weighted by Gasteiger charge is -2.04. The summed E-state index contributed by atoms with van der Waals surface area (Å²) in [6, 6.07) is 0. The van der Waals surface area contributed by atoms with Crippen LogP contribution >= 0.6 is 0 Å². The maximum absolute atomic E-state index is 10.6. The zero-order chi connectivity index (χ0) is 10.7. The van der Waals surface area contributed by atoms with Crippen molar-refractivity contribution in [3.63, 3.8) is 0 Å². The van der Waals surface area contributed by atoms with Gasteiger partial charge in [0.05, 0.1) is 11.8 Å². The van der Waals surface area contributed by atoms with Gasteiger partial charge in [-0.3, -0.25) is 0 Å². The number of aromatic carboxylic acids is 1. The van der Waals surface area contributed by atoms with Crippen molar-refractivity contribution in [2.75, 3.05) is 0 Å². The number of carboxylic acid groups (broad SMARTS) is 1. The number of nitrogens with zero attached hydrogens (tertiary/aromatic N) is 3. The smallest absolute Gasteiger partial charge is 0.358 e. The largest absolute Gasteiger partial charge is 0.476 e. The van der Waals surface area contributed by atoms with E-state index < -0.39 is 12.1 Å². The molecule has 1 atom stereocenters. The molecule has 0 amide bonds. The third-order valence-corrected chi connectivity index (χ3v) is 1.94. The van der Waals surface area contributed by atoms with Crippen LogP contribution in [0.5, 0.6) is 0 Å². The number of aromatic nitrogens is 3. The van der Waals surface area contributed by atoms with Crippen LogP contribution in [-0.4, -0.2) is 37.3 Å². The van der Waals surface area contributed by atoms with Crippen molar-refractivity contribution in [2.24, 2.45) is 0 Å². The molecule has 1 heterocycles. The molecule has 1 rings (SSSR count). The zero-order valence-corrected chi connectivity index (χ0v) is 8.14. The summed E-state index contributed by atoms with van der Waals surface area (Å²) in [4.78, 5) is 10.6. The van der Waals surface area contributed by atoms with E-state index in [1.807, 2.05) is 0 Å². The predicted molar refractivity (Wildman–Crippen MR) is 48.0 cm³/mol. The highest BCUT2D eigenvalue weighted by Crippen LogP contribution is 2.05. The lowest BCUT2D eigenvalue weighted by Crippen LogP contribution is -2.10. The molecule has 1 unspecified atom stereocenters. The van der Waals surface area contributed by atoms with E-state index in [0.717, 1.165) is 0 Å². The van der Waals surface area contributed by atoms with Crippen LogP contribution in [0, 0.1) is 6.92 Å². The van der Waals surface area contributed by atoms with Gasteiger partial charge in [-0.1, -0.05) is 5.21 Å². The standard InChI is InChI=1S/C8H13N3O3/c1-5(12)3-4-11-6(2)7(8(13)14)9-10-11/h5,12H,3-4H2,1-2H3,(H,13,14). The van der Waals surface area contributed by atoms with Crippen molar-refractivity contribution in [3.05, 3.63) is 11.4 Å². The minimum absolute atomic E-state index is 0.0319. The van der Waals surface area contributed by atoms with E-state index >= 15 is 0 Å². The Bertz CT molecular complexity index is 333. The number of carboxylic acids is 1. The molecule has 0 bridgehead atoms. The summed E-state index contributed by atoms with van der Waals surface area (Å²) in [6.45, 7) is 3.79. The molecule has 14 heavy (non-hydrogen) atoms. The molecule has 0 aliphatic heterocycles. The third kappa shape index (κ3) is 2.29. The highest BCUT2D eigenvalue weighted by Gasteiger charge is 2.14. The summed E-state index contributed by atoms with van der Waals surface area (Å²) >= 11 is 0. The second kappa shape index (κ2) is 4.19. The van der Waals surface area contributed by atoms with Gasteiger partial charge in [-0.2, -0.15) is 0 Å². The van der Waals surface area contributed by atoms with E-state index in [0.29, 0.717) is 18.7 Å². The van der Waals surface area contributed by atoms with Crippen LogP contribution in [0.4, 0.5) is 0 Å². The molecule has 6 heteroatoms. The predicted octanol–water partition coefficient (Wildman–Crippen LogP) is 0.0556. The molecule has 1 aromatic rings. The first-order chi connectivity index (χ1) is 6.52. The van der Waals surface area contributed by atoms with Crippen LogP contribution in [0.1, 0.15) is 29.5 Å². The van der Waals surface area contributed by atoms with E-state index in [2.05, 4.69) is 10.3 Å². The van der Waals surface area contributed by atoms with Crippen molar-refractivity contribution in [1.82, 2.24) is 15.0 Å². The highest BCUT2D eigenvalue weighted by molar-refractivity contribution is 5.86. The van der Waals surface area contributed by atoms with Crippen LogP contribution in [-0.2, 0) is 6.54 Å². The number of aliphatic hydroxyl groups is 1. The maximum Gasteiger partial charge on any atom is 0.358 e. The van der Waals surface area contributed by atoms with Crippen LogP contribution in [0.15, 0.2) is 0 Å². The molecule has 0 aliphatic rings. The van der Waals surface area contributed by atoms with Crippen molar-refractivity contribution in [2.45, 2.75) is 32.9 Å². The first-order valence-electron chi connectivity index (χ1n) is 4.33. The lowest BCUT2D eigenvalue weighted by atomic mass is 10.3. The fraction of sp³-hybridized carbons (Fsp3) is 0.625. The first kappa shape index (κ1) is 10.6. The fourth-order valence-electron chi connectivity index (χ4n) is 1.08. The van der Waals surface area contributed by atoms with Crippen LogP contribution in [0.3, 0.4) is 0 Å². The van der Waals surface area contributed by atoms with Gasteiger partial charge in [0.15, 0.2) is 5.69 Å². The van der Waals surface area contributed by atoms with Crippen molar-refractivity contribution < 1.29 is 15.0 Å². The van der Waals surface area contributed by atoms with E-state index in [4.69, 9.17) is 10.2 Å². The highest BCUT2D eigenvalue weighted by atomic mass is 16.4. The molecular formula is C8H13N3O3. The molecule has 1 aromatic heterocycles. The van der Waals surface area contributed by atoms with Crippen molar-refractivity contribution in [1.29, 1.82) is 0 Å². The molecule has 78 valence electrons. The number of hydrogen-bond donors (Lipinski definition) is 2. The summed E-state index contributed by atoms with van der Waals surface area (Å²) in [5.41, 5.74) is 0.480. The average Bonchev–Trinajstić information content (AvgIpc) is 2.43. The second-order valence-electron chi connectivity index (χ2n) is 3.19. The molecule has 0 spiro atoms. The zero-order valence-electron chi connectivity index (χ0n) is 8.14. The van der Waals surface area contributed by atoms with Crippen LogP contribution < -0.4 is 0 Å². The minimum atomic E-state index is -1.08. The monoisotopic (exact) mass is 199 g/mol. The molecule has 0 radical (unpaired) electrons. The minimum Gasteiger partial charge on any atom is -0.476 e. The van der Waals surface area contributed by atoms with Gasteiger partial charge in [0.1, 0.15) is 0 Å². The van der Waals surface area contributed by atoms with E-state index in [-0.39, 0.29) is 5.69 Å². The molecule has 0 fully saturated rings. The summed E-state index contributed by atoms with van der Waals surface area (Å²) in [5, 5.41) is 24.9. The Morgan fingerprint density at radius 1 is 1.64 bits per heavy atom. The quantitative estimate of drug-likeness (QED) is 0.715. The molecule has 0 aromatic carbocycles. The van der Waals surface area contributed by atoms with E-state index in [1.165, 1.54) is 4.68 Å². The Labute approximate surface area is 81.2 Å². The normalized spacial score (nSPS) is 12.8. The number of aliphatic hydroxyl groups excluding tert-OH is 1. The van der Waals surface area contributed by atoms with Gasteiger partial charge < -0.3 is 10.2 Å². The van der Waals surface area contributed by atoms with Gasteiger partial charge in [-0.15, -0.1) is 5.10 Å². The summed E-state index contributed by atoms with van der Waals surface area (Å²) in [5.74, 6) is -1.08. The van der Waals surface area contributed by atoms with Gasteiger partial charge in [0.2, 0.25) is 0 Å². The number of rotatable bonds is 4. The molecule has 0 saturated carbocycles. The summed E-state index contributed by atoms with van der Waals surface area (Å²) < 4.78 is 1.48. The summed E-state index contributed by atoms with van der Waals surface area (Å²) in [6.07, 6.45) is 0.107. The molecule has 0 saturated heterocycles. The Balaban J connectivity index is 2.74. The summed E-state index contributed by atoms with van der Waals surface area (Å²) in [7, 11) is 0. The Morgan fingerprint density at radius 2 is 2.29 bits per heavy atom. The van der Waals surface area contributed by atoms with Crippen molar-refractivity contribution >= 4 is 5.97 Å². The van der Waals surface area contributed by atoms with Gasteiger partial charge in [0, 0.05) is 6.54 Å². The van der Waals surface area contributed by atoms with Gasteiger partial charge >= 0.3 is 5.97 Å². The average molecular weight is 199 g/mol.